The van der Waals surface area contributed by atoms with Crippen LogP contribution in [0, 0.1) is 12.3 Å². The summed E-state index contributed by atoms with van der Waals surface area (Å²) in [6, 6.07) is 10.5. The summed E-state index contributed by atoms with van der Waals surface area (Å²) in [5.74, 6) is 3.76. The van der Waals surface area contributed by atoms with E-state index in [0.29, 0.717) is 0 Å². The van der Waals surface area contributed by atoms with Crippen molar-refractivity contribution < 1.29 is 4.43 Å². The van der Waals surface area contributed by atoms with Crippen LogP contribution in [0.4, 0.5) is 0 Å². The topological polar surface area (TPSA) is 9.23 Å². The van der Waals surface area contributed by atoms with Crippen molar-refractivity contribution in [2.45, 2.75) is 71.0 Å². The van der Waals surface area contributed by atoms with E-state index in [9.17, 15) is 0 Å². The van der Waals surface area contributed by atoms with Gasteiger partial charge >= 0.3 is 0 Å². The van der Waals surface area contributed by atoms with Gasteiger partial charge in [-0.05, 0) is 43.5 Å². The molecule has 0 saturated carbocycles. The van der Waals surface area contributed by atoms with Crippen LogP contribution in [-0.4, -0.2) is 8.32 Å². The molecule has 0 fully saturated rings. The molecule has 0 heterocycles. The Morgan fingerprint density at radius 1 is 1.13 bits per heavy atom. The second-order valence-electron chi connectivity index (χ2n) is 7.60. The fourth-order valence-electron chi connectivity index (χ4n) is 2.03. The van der Waals surface area contributed by atoms with E-state index < -0.39 is 8.32 Å². The first kappa shape index (κ1) is 19.6. The summed E-state index contributed by atoms with van der Waals surface area (Å²) in [5.41, 5.74) is 1.18. The van der Waals surface area contributed by atoms with Crippen LogP contribution in [0.3, 0.4) is 0 Å². The molecule has 0 unspecified atom stereocenters. The third-order valence-corrected chi connectivity index (χ3v) is 8.93. The Balaban J connectivity index is 2.81. The second-order valence-corrected chi connectivity index (χ2v) is 12.3. The van der Waals surface area contributed by atoms with Crippen LogP contribution in [-0.2, 0) is 4.43 Å². The minimum atomic E-state index is -1.83. The Bertz CT molecular complexity index is 529. The summed E-state index contributed by atoms with van der Waals surface area (Å²) in [4.78, 5) is 0. The number of unbranched alkanes of at least 4 members (excludes halogenated alkanes) is 4. The summed E-state index contributed by atoms with van der Waals surface area (Å²) < 4.78 is 6.58. The zero-order chi connectivity index (χ0) is 17.3. The zero-order valence-electron chi connectivity index (χ0n) is 15.5. The van der Waals surface area contributed by atoms with E-state index >= 15 is 0 Å². The van der Waals surface area contributed by atoms with Gasteiger partial charge in [0.2, 0.25) is 8.32 Å². The first-order valence-corrected chi connectivity index (χ1v) is 11.6. The molecule has 0 radical (unpaired) electrons. The summed E-state index contributed by atoms with van der Waals surface area (Å²) in [6.07, 6.45) is 13.0. The molecular formula is C21H32OSi. The Morgan fingerprint density at radius 2 is 1.78 bits per heavy atom. The third-order valence-electron chi connectivity index (χ3n) is 4.58. The van der Waals surface area contributed by atoms with Crippen LogP contribution < -0.4 is 0 Å². The largest absolute Gasteiger partial charge is 0.543 e. The monoisotopic (exact) mass is 328 g/mol. The van der Waals surface area contributed by atoms with Gasteiger partial charge in [0.25, 0.3) is 0 Å². The highest BCUT2D eigenvalue weighted by atomic mass is 28.4. The zero-order valence-corrected chi connectivity index (χ0v) is 16.5. The second kappa shape index (κ2) is 8.98. The highest BCUT2D eigenvalue weighted by molar-refractivity contribution is 6.74. The number of terminal acetylenes is 1. The number of rotatable bonds is 8. The average Bonchev–Trinajstić information content (AvgIpc) is 2.49. The quantitative estimate of drug-likeness (QED) is 0.225. The van der Waals surface area contributed by atoms with E-state index in [0.717, 1.165) is 25.0 Å². The van der Waals surface area contributed by atoms with Crippen LogP contribution in [0.1, 0.15) is 58.4 Å². The van der Waals surface area contributed by atoms with Gasteiger partial charge in [0.1, 0.15) is 5.76 Å². The highest BCUT2D eigenvalue weighted by Gasteiger charge is 2.39. The van der Waals surface area contributed by atoms with Crippen LogP contribution in [0.2, 0.25) is 18.1 Å². The predicted molar refractivity (Wildman–Crippen MR) is 105 cm³/mol. The Morgan fingerprint density at radius 3 is 2.35 bits per heavy atom. The Labute approximate surface area is 144 Å². The number of hydrogen-bond acceptors (Lipinski definition) is 1. The van der Waals surface area contributed by atoms with Crippen molar-refractivity contribution in [3.63, 3.8) is 0 Å². The molecule has 126 valence electrons. The van der Waals surface area contributed by atoms with Gasteiger partial charge in [-0.3, -0.25) is 0 Å². The van der Waals surface area contributed by atoms with Crippen molar-refractivity contribution in [3.05, 3.63) is 42.0 Å². The van der Waals surface area contributed by atoms with Gasteiger partial charge in [-0.2, -0.15) is 0 Å². The minimum Gasteiger partial charge on any atom is -0.543 e. The molecule has 1 aromatic rings. The number of allylic oxidation sites excluding steroid dienone is 1. The van der Waals surface area contributed by atoms with Gasteiger partial charge in [0, 0.05) is 12.0 Å². The van der Waals surface area contributed by atoms with Crippen LogP contribution in [0.15, 0.2) is 36.4 Å². The Kier molecular flexibility index (Phi) is 7.65. The molecule has 0 spiro atoms. The molecule has 23 heavy (non-hydrogen) atoms. The molecule has 0 bridgehead atoms. The molecule has 0 atom stereocenters. The van der Waals surface area contributed by atoms with Crippen molar-refractivity contribution in [1.29, 1.82) is 0 Å². The van der Waals surface area contributed by atoms with E-state index in [2.05, 4.69) is 70.1 Å². The lowest BCUT2D eigenvalue weighted by Gasteiger charge is -2.37. The molecule has 0 aliphatic carbocycles. The van der Waals surface area contributed by atoms with Crippen molar-refractivity contribution in [3.8, 4) is 12.3 Å². The van der Waals surface area contributed by atoms with Crippen molar-refractivity contribution in [1.82, 2.24) is 0 Å². The smallest absolute Gasteiger partial charge is 0.250 e. The summed E-state index contributed by atoms with van der Waals surface area (Å²) in [5, 5.41) is 0.202. The summed E-state index contributed by atoms with van der Waals surface area (Å²) >= 11 is 0. The van der Waals surface area contributed by atoms with Gasteiger partial charge in [0.05, 0.1) is 0 Å². The lowest BCUT2D eigenvalue weighted by molar-refractivity contribution is 0.456. The molecule has 2 heteroatoms. The molecule has 0 amide bonds. The summed E-state index contributed by atoms with van der Waals surface area (Å²) in [7, 11) is -1.83. The maximum absolute atomic E-state index is 6.58. The highest BCUT2D eigenvalue weighted by Crippen LogP contribution is 2.39. The van der Waals surface area contributed by atoms with Gasteiger partial charge in [-0.1, -0.05) is 57.5 Å². The number of benzene rings is 1. The third kappa shape index (κ3) is 6.67. The summed E-state index contributed by atoms with van der Waals surface area (Å²) in [6.45, 7) is 11.4. The molecule has 1 rings (SSSR count). The van der Waals surface area contributed by atoms with Crippen LogP contribution in [0.25, 0.3) is 5.76 Å². The van der Waals surface area contributed by atoms with Crippen molar-refractivity contribution in [2.24, 2.45) is 0 Å². The van der Waals surface area contributed by atoms with Gasteiger partial charge < -0.3 is 4.43 Å². The molecule has 1 nitrogen and oxygen atoms in total. The van der Waals surface area contributed by atoms with Gasteiger partial charge in [-0.15, -0.1) is 12.3 Å². The van der Waals surface area contributed by atoms with Gasteiger partial charge in [0.15, 0.2) is 0 Å². The maximum Gasteiger partial charge on any atom is 0.250 e. The van der Waals surface area contributed by atoms with E-state index in [1.807, 2.05) is 6.07 Å². The first-order chi connectivity index (χ1) is 10.8. The normalized spacial score (nSPS) is 12.8. The standard InChI is InChI=1S/C21H32OSi/c1-7-8-9-10-11-15-18-20(19-16-13-12-14-17-19)22-23(5,6)21(2,3)4/h1,12-14,16-18H,8-11,15H2,2-6H3/b20-18-. The molecule has 0 aliphatic rings. The van der Waals surface area contributed by atoms with Crippen molar-refractivity contribution >= 4 is 14.1 Å². The molecule has 0 aliphatic heterocycles. The van der Waals surface area contributed by atoms with Gasteiger partial charge in [-0.25, -0.2) is 0 Å². The van der Waals surface area contributed by atoms with E-state index in [-0.39, 0.29) is 5.04 Å². The van der Waals surface area contributed by atoms with Crippen LogP contribution >= 0.6 is 0 Å². The van der Waals surface area contributed by atoms with Crippen molar-refractivity contribution in [2.75, 3.05) is 0 Å². The SMILES string of the molecule is C#CCCCCC/C=C(\O[Si](C)(C)C(C)(C)C)c1ccccc1. The molecule has 1 aromatic carbocycles. The molecule has 0 N–H and O–H groups in total. The lowest BCUT2D eigenvalue weighted by atomic mass is 10.1. The van der Waals surface area contributed by atoms with Crippen LogP contribution in [0.5, 0.6) is 0 Å². The van der Waals surface area contributed by atoms with E-state index in [1.165, 1.54) is 18.4 Å². The fourth-order valence-corrected chi connectivity index (χ4v) is 3.09. The molecule has 0 saturated heterocycles. The fraction of sp³-hybridized carbons (Fsp3) is 0.524. The molecule has 0 aromatic heterocycles. The lowest BCUT2D eigenvalue weighted by Crippen LogP contribution is -2.40. The maximum atomic E-state index is 6.58. The Hall–Kier alpha value is -1.46. The minimum absolute atomic E-state index is 0.202. The van der Waals surface area contributed by atoms with E-state index in [4.69, 9.17) is 10.8 Å². The average molecular weight is 329 g/mol. The van der Waals surface area contributed by atoms with E-state index in [1.54, 1.807) is 0 Å². The first-order valence-electron chi connectivity index (χ1n) is 8.66. The predicted octanol–water partition coefficient (Wildman–Crippen LogP) is 6.63. The number of hydrogen-bond donors (Lipinski definition) is 0. The molecular weight excluding hydrogens is 296 g/mol.